The van der Waals surface area contributed by atoms with Gasteiger partial charge in [-0.05, 0) is 145 Å². The molecule has 1 saturated heterocycles. The summed E-state index contributed by atoms with van der Waals surface area (Å²) in [6.45, 7) is 2.14. The van der Waals surface area contributed by atoms with Gasteiger partial charge < -0.3 is 90.6 Å². The van der Waals surface area contributed by atoms with Crippen molar-refractivity contribution in [3.63, 3.8) is 0 Å². The molecular formula is C54H82N12O16. The highest BCUT2D eigenvalue weighted by Gasteiger charge is 2.40. The zero-order valence-corrected chi connectivity index (χ0v) is 46.1. The summed E-state index contributed by atoms with van der Waals surface area (Å²) in [4.78, 5) is 148. The van der Waals surface area contributed by atoms with Crippen molar-refractivity contribution in [2.24, 2.45) is 22.9 Å². The Morgan fingerprint density at radius 3 is 1.39 bits per heavy atom. The van der Waals surface area contributed by atoms with E-state index in [2.05, 4.69) is 37.2 Å². The van der Waals surface area contributed by atoms with Crippen molar-refractivity contribution in [2.45, 2.75) is 170 Å². The molecular weight excluding hydrogens is 1070 g/mol. The Bertz CT molecular complexity index is 2470. The van der Waals surface area contributed by atoms with Gasteiger partial charge in [0.25, 0.3) is 0 Å². The summed E-state index contributed by atoms with van der Waals surface area (Å²) < 4.78 is 0. The number of amides is 8. The van der Waals surface area contributed by atoms with E-state index in [-0.39, 0.29) is 76.1 Å². The van der Waals surface area contributed by atoms with E-state index < -0.39 is 139 Å². The molecule has 1 aliphatic rings. The summed E-state index contributed by atoms with van der Waals surface area (Å²) in [6, 6.07) is -1.15. The molecule has 3 rings (SSSR count). The number of hydrogen-bond donors (Lipinski definition) is 16. The van der Waals surface area contributed by atoms with Gasteiger partial charge >= 0.3 is 17.9 Å². The van der Waals surface area contributed by atoms with Gasteiger partial charge in [-0.25, -0.2) is 4.79 Å². The van der Waals surface area contributed by atoms with E-state index >= 15 is 0 Å². The number of carbonyl (C=O) groups excluding carboxylic acids is 8. The number of benzene rings is 2. The summed E-state index contributed by atoms with van der Waals surface area (Å²) in [5.74, 6) is -11.0. The fraction of sp³-hybridized carbons (Fsp3) is 0.574. The van der Waals surface area contributed by atoms with Crippen molar-refractivity contribution in [3.05, 3.63) is 59.7 Å². The molecule has 2 aromatic carbocycles. The second-order valence-electron chi connectivity index (χ2n) is 20.2. The fourth-order valence-corrected chi connectivity index (χ4v) is 8.91. The molecule has 0 saturated carbocycles. The van der Waals surface area contributed by atoms with Crippen LogP contribution in [-0.4, -0.2) is 176 Å². The summed E-state index contributed by atoms with van der Waals surface area (Å²) >= 11 is 0. The van der Waals surface area contributed by atoms with E-state index in [1.165, 1.54) is 60.4 Å². The van der Waals surface area contributed by atoms with Crippen LogP contribution in [0.25, 0.3) is 0 Å². The Morgan fingerprint density at radius 1 is 0.500 bits per heavy atom. The summed E-state index contributed by atoms with van der Waals surface area (Å²) in [5.41, 5.74) is 23.8. The lowest BCUT2D eigenvalue weighted by Crippen LogP contribution is -2.60. The molecule has 2 aromatic rings. The van der Waals surface area contributed by atoms with Crippen LogP contribution < -0.4 is 60.2 Å². The van der Waals surface area contributed by atoms with Gasteiger partial charge in [0.1, 0.15) is 59.8 Å². The maximum atomic E-state index is 14.4. The van der Waals surface area contributed by atoms with Crippen molar-refractivity contribution in [1.82, 2.24) is 42.1 Å². The van der Waals surface area contributed by atoms with Gasteiger partial charge in [0.2, 0.25) is 47.3 Å². The van der Waals surface area contributed by atoms with Gasteiger partial charge in [0.05, 0.1) is 6.04 Å². The Balaban J connectivity index is 1.90. The predicted octanol–water partition coefficient (Wildman–Crippen LogP) is -2.18. The average molecular weight is 1160 g/mol. The van der Waals surface area contributed by atoms with Gasteiger partial charge in [-0.2, -0.15) is 0 Å². The highest BCUT2D eigenvalue weighted by molar-refractivity contribution is 5.98. The first kappa shape index (κ1) is 68.3. The molecule has 0 unspecified atom stereocenters. The highest BCUT2D eigenvalue weighted by atomic mass is 16.4. The molecule has 0 spiro atoms. The first-order valence-corrected chi connectivity index (χ1v) is 27.5. The van der Waals surface area contributed by atoms with E-state index in [9.17, 15) is 73.2 Å². The molecule has 1 heterocycles. The number of aromatic hydroxyl groups is 2. The number of carboxylic acids is 3. The van der Waals surface area contributed by atoms with Crippen LogP contribution in [0.1, 0.15) is 114 Å². The standard InChI is InChI=1S/C54H82N12O16/c1-31(46(73)64-41(29-32-13-17-34(67)18-14-32)51(78)63-40(54(81)82)11-4-7-27-57)59-48(75)38(22-24-45(71)72)60-50(77)42(30-33-15-19-35(68)20-16-33)65-49(76)37(9-2-5-25-55)61-52(79)43-12-8-28-66(43)53(80)39(10-3-6-26-56)62-47(74)36(58)21-23-44(69)70/h13-20,31,36-43,67-68H,2-12,21-30,55-58H2,1H3,(H,59,75)(H,60,77)(H,61,79)(H,62,74)(H,63,78)(H,64,73)(H,65,76)(H,69,70)(H,71,72)(H,81,82)/t31-,36-,37-,38-,39-,40-,41-,42-,43-/m0/s1. The van der Waals surface area contributed by atoms with Crippen LogP contribution in [0.5, 0.6) is 11.5 Å². The molecule has 1 aliphatic heterocycles. The van der Waals surface area contributed by atoms with Crippen molar-refractivity contribution in [1.29, 1.82) is 0 Å². The molecule has 28 nitrogen and oxygen atoms in total. The van der Waals surface area contributed by atoms with Gasteiger partial charge in [-0.1, -0.05) is 24.3 Å². The van der Waals surface area contributed by atoms with E-state index in [1.807, 2.05) is 0 Å². The molecule has 28 heteroatoms. The number of nitrogens with zero attached hydrogens (tertiary/aromatic N) is 1. The number of hydrogen-bond acceptors (Lipinski definition) is 17. The molecule has 0 bridgehead atoms. The molecule has 9 atom stereocenters. The lowest BCUT2D eigenvalue weighted by molar-refractivity contribution is -0.142. The Hall–Kier alpha value is -7.95. The van der Waals surface area contributed by atoms with Crippen molar-refractivity contribution in [2.75, 3.05) is 26.2 Å². The molecule has 8 amide bonds. The summed E-state index contributed by atoms with van der Waals surface area (Å²) in [5, 5.41) is 66.2. The van der Waals surface area contributed by atoms with Crippen LogP contribution in [0.2, 0.25) is 0 Å². The van der Waals surface area contributed by atoms with Crippen LogP contribution in [0.4, 0.5) is 0 Å². The van der Waals surface area contributed by atoms with Gasteiger partial charge in [-0.3, -0.25) is 47.9 Å². The number of rotatable bonds is 38. The Morgan fingerprint density at radius 2 is 0.902 bits per heavy atom. The zero-order chi connectivity index (χ0) is 60.9. The van der Waals surface area contributed by atoms with E-state index in [1.54, 1.807) is 0 Å². The third kappa shape index (κ3) is 24.0. The number of unbranched alkanes of at least 4 members (excludes halogenated alkanes) is 3. The SMILES string of the molecule is C[C@H](NC(=O)[C@H](CCC(=O)O)NC(=O)[C@H](Cc1ccc(O)cc1)NC(=O)[C@H](CCCCN)NC(=O)[C@@H]1CCCN1C(=O)[C@H](CCCCN)NC(=O)[C@@H](N)CCC(=O)O)C(=O)N[C@@H](Cc1ccc(O)cc1)C(=O)N[C@@H](CCCCN)C(=O)O. The first-order valence-electron chi connectivity index (χ1n) is 27.5. The third-order valence-corrected chi connectivity index (χ3v) is 13.6. The summed E-state index contributed by atoms with van der Waals surface area (Å²) in [7, 11) is 0. The minimum atomic E-state index is -1.67. The minimum Gasteiger partial charge on any atom is -0.508 e. The third-order valence-electron chi connectivity index (χ3n) is 13.6. The Labute approximate surface area is 475 Å². The van der Waals surface area contributed by atoms with E-state index in [0.717, 1.165) is 0 Å². The number of nitrogens with one attached hydrogen (secondary N) is 7. The number of phenolic OH excluding ortho intramolecular Hbond substituents is 2. The molecule has 0 radical (unpaired) electrons. The monoisotopic (exact) mass is 1150 g/mol. The quantitative estimate of drug-likeness (QED) is 0.0318. The number of carboxylic acid groups (broad SMARTS) is 3. The molecule has 0 aromatic heterocycles. The number of phenols is 2. The number of nitrogens with two attached hydrogens (primary N) is 4. The summed E-state index contributed by atoms with van der Waals surface area (Å²) in [6.07, 6.45) is 0.894. The van der Waals surface area contributed by atoms with Gasteiger partial charge in [0, 0.05) is 32.2 Å². The second kappa shape index (κ2) is 35.7. The maximum Gasteiger partial charge on any atom is 0.326 e. The lowest BCUT2D eigenvalue weighted by atomic mass is 10.0. The van der Waals surface area contributed by atoms with Gasteiger partial charge in [0.15, 0.2) is 0 Å². The topological polar surface area (TPSA) is 480 Å². The van der Waals surface area contributed by atoms with E-state index in [4.69, 9.17) is 28.0 Å². The fourth-order valence-electron chi connectivity index (χ4n) is 8.91. The van der Waals surface area contributed by atoms with Crippen LogP contribution >= 0.6 is 0 Å². The highest BCUT2D eigenvalue weighted by Crippen LogP contribution is 2.22. The first-order chi connectivity index (χ1) is 39.0. The van der Waals surface area contributed by atoms with Gasteiger partial charge in [-0.15, -0.1) is 0 Å². The molecule has 454 valence electrons. The molecule has 0 aliphatic carbocycles. The normalized spacial score (nSPS) is 15.9. The molecule has 1 fully saturated rings. The zero-order valence-electron chi connectivity index (χ0n) is 46.1. The second-order valence-corrected chi connectivity index (χ2v) is 20.2. The Kier molecular flexibility index (Phi) is 29.8. The van der Waals surface area contributed by atoms with Crippen LogP contribution in [0.3, 0.4) is 0 Å². The van der Waals surface area contributed by atoms with Crippen molar-refractivity contribution in [3.8, 4) is 11.5 Å². The molecule has 20 N–H and O–H groups in total. The number of likely N-dealkylation sites (tertiary alicyclic amines) is 1. The van der Waals surface area contributed by atoms with Crippen LogP contribution in [-0.2, 0) is 65.6 Å². The van der Waals surface area contributed by atoms with Crippen LogP contribution in [0.15, 0.2) is 48.5 Å². The van der Waals surface area contributed by atoms with E-state index in [0.29, 0.717) is 62.6 Å². The maximum absolute atomic E-state index is 14.4. The largest absolute Gasteiger partial charge is 0.508 e. The number of carbonyl (C=O) groups is 11. The molecule has 82 heavy (non-hydrogen) atoms. The smallest absolute Gasteiger partial charge is 0.326 e. The van der Waals surface area contributed by atoms with Crippen LogP contribution in [0, 0.1) is 0 Å². The number of aliphatic carboxylic acids is 3. The lowest BCUT2D eigenvalue weighted by Gasteiger charge is -2.31. The average Bonchev–Trinajstić information content (AvgIpc) is 4.05. The van der Waals surface area contributed by atoms with Crippen molar-refractivity contribution < 1.29 is 78.3 Å². The predicted molar refractivity (Wildman–Crippen MR) is 296 cm³/mol. The van der Waals surface area contributed by atoms with Crippen molar-refractivity contribution >= 4 is 65.2 Å². The minimum absolute atomic E-state index is 0.00895.